The maximum absolute atomic E-state index is 13.6. The van der Waals surface area contributed by atoms with Gasteiger partial charge in [-0.25, -0.2) is 4.39 Å². The number of aromatic amines is 1. The van der Waals surface area contributed by atoms with E-state index in [0.29, 0.717) is 49.2 Å². The monoisotopic (exact) mass is 476 g/mol. The van der Waals surface area contributed by atoms with Gasteiger partial charge in [0.1, 0.15) is 5.82 Å². The number of halogens is 1. The van der Waals surface area contributed by atoms with E-state index in [2.05, 4.69) is 16.8 Å². The highest BCUT2D eigenvalue weighted by Gasteiger charge is 2.34. The molecule has 0 radical (unpaired) electrons. The topological polar surface area (TPSA) is 76.7 Å². The van der Waals surface area contributed by atoms with E-state index < -0.39 is 11.7 Å². The Bertz CT molecular complexity index is 1280. The predicted molar refractivity (Wildman–Crippen MR) is 131 cm³/mol. The zero-order valence-electron chi connectivity index (χ0n) is 20.0. The second-order valence-electron chi connectivity index (χ2n) is 9.65. The van der Waals surface area contributed by atoms with E-state index in [4.69, 9.17) is 0 Å². The summed E-state index contributed by atoms with van der Waals surface area (Å²) in [5, 5.41) is 0.644. The number of hydrogen-bond acceptors (Lipinski definition) is 4. The number of hydrogen-bond donors (Lipinski definition) is 1. The number of nitrogens with one attached hydrogen (secondary N) is 1. The van der Waals surface area contributed by atoms with Crippen molar-refractivity contribution in [3.05, 3.63) is 71.2 Å². The Balaban J connectivity index is 1.33. The first-order valence-corrected chi connectivity index (χ1v) is 12.1. The van der Waals surface area contributed by atoms with E-state index in [1.807, 2.05) is 11.8 Å². The molecule has 35 heavy (non-hydrogen) atoms. The van der Waals surface area contributed by atoms with Gasteiger partial charge in [-0.3, -0.25) is 19.3 Å². The fourth-order valence-electron chi connectivity index (χ4n) is 4.91. The highest BCUT2D eigenvalue weighted by molar-refractivity contribution is 6.43. The molecule has 0 unspecified atom stereocenters. The number of benzene rings is 2. The molecule has 0 spiro atoms. The van der Waals surface area contributed by atoms with Gasteiger partial charge in [-0.15, -0.1) is 0 Å². The van der Waals surface area contributed by atoms with Crippen LogP contribution < -0.4 is 0 Å². The van der Waals surface area contributed by atoms with Crippen molar-refractivity contribution in [1.29, 1.82) is 0 Å². The van der Waals surface area contributed by atoms with Crippen molar-refractivity contribution in [3.63, 3.8) is 0 Å². The van der Waals surface area contributed by atoms with Crippen LogP contribution in [0, 0.1) is 5.82 Å². The molecule has 2 atom stereocenters. The van der Waals surface area contributed by atoms with Gasteiger partial charge in [-0.2, -0.15) is 0 Å². The van der Waals surface area contributed by atoms with E-state index in [1.165, 1.54) is 12.1 Å². The Labute approximate surface area is 203 Å². The summed E-state index contributed by atoms with van der Waals surface area (Å²) in [5.74, 6) is -1.38. The average Bonchev–Trinajstić information content (AvgIpc) is 3.24. The molecule has 3 aromatic rings. The molecule has 3 heterocycles. The van der Waals surface area contributed by atoms with Crippen molar-refractivity contribution >= 4 is 28.5 Å². The van der Waals surface area contributed by atoms with Gasteiger partial charge in [0.15, 0.2) is 0 Å². The number of nitrogens with zero attached hydrogens (tertiary/aromatic N) is 3. The molecule has 7 nitrogen and oxygen atoms in total. The number of aromatic nitrogens is 1. The first-order valence-electron chi connectivity index (χ1n) is 12.1. The van der Waals surface area contributed by atoms with Crippen molar-refractivity contribution in [2.24, 2.45) is 0 Å². The van der Waals surface area contributed by atoms with Gasteiger partial charge in [-0.05, 0) is 56.2 Å². The molecule has 2 fully saturated rings. The highest BCUT2D eigenvalue weighted by Crippen LogP contribution is 2.26. The van der Waals surface area contributed by atoms with Crippen molar-refractivity contribution in [2.45, 2.75) is 38.9 Å². The summed E-state index contributed by atoms with van der Waals surface area (Å²) in [5.41, 5.74) is 2.58. The Morgan fingerprint density at radius 1 is 1.00 bits per heavy atom. The highest BCUT2D eigenvalue weighted by atomic mass is 19.1. The molecule has 2 amide bonds. The number of piperazine rings is 1. The Kier molecular flexibility index (Phi) is 6.15. The van der Waals surface area contributed by atoms with Crippen molar-refractivity contribution in [2.75, 3.05) is 26.2 Å². The van der Waals surface area contributed by atoms with E-state index in [-0.39, 0.29) is 23.8 Å². The summed E-state index contributed by atoms with van der Waals surface area (Å²) in [6.07, 6.45) is 2.60. The largest absolute Gasteiger partial charge is 0.360 e. The number of amides is 2. The third kappa shape index (κ3) is 4.46. The maximum atomic E-state index is 13.6. The quantitative estimate of drug-likeness (QED) is 0.452. The van der Waals surface area contributed by atoms with Gasteiger partial charge in [0.2, 0.25) is 5.78 Å². The first-order chi connectivity index (χ1) is 16.8. The summed E-state index contributed by atoms with van der Waals surface area (Å²) in [4.78, 5) is 47.5. The van der Waals surface area contributed by atoms with Crippen LogP contribution in [-0.2, 0) is 11.3 Å². The normalized spacial score (nSPS) is 20.7. The van der Waals surface area contributed by atoms with Crippen LogP contribution in [-0.4, -0.2) is 75.5 Å². The van der Waals surface area contributed by atoms with Crippen LogP contribution in [0.5, 0.6) is 0 Å². The summed E-state index contributed by atoms with van der Waals surface area (Å²) in [6, 6.07) is 11.6. The van der Waals surface area contributed by atoms with Gasteiger partial charge in [-0.1, -0.05) is 12.1 Å². The Morgan fingerprint density at radius 2 is 1.74 bits per heavy atom. The van der Waals surface area contributed by atoms with Gasteiger partial charge in [0, 0.05) is 67.5 Å². The van der Waals surface area contributed by atoms with Crippen molar-refractivity contribution in [3.8, 4) is 0 Å². The molecule has 2 saturated heterocycles. The SMILES string of the molecule is C[C@@H]1CN(Cc2ccc(F)cc2)[C@@H](C)CN1C(=O)c1c[nH]c2ccc(C(=O)C(=O)N3CCC3)cc12. The third-order valence-corrected chi connectivity index (χ3v) is 7.19. The van der Waals surface area contributed by atoms with E-state index in [0.717, 1.165) is 17.5 Å². The number of rotatable bonds is 5. The van der Waals surface area contributed by atoms with Crippen LogP contribution in [0.25, 0.3) is 10.9 Å². The Morgan fingerprint density at radius 3 is 2.43 bits per heavy atom. The lowest BCUT2D eigenvalue weighted by atomic mass is 10.0. The molecular formula is C27H29FN4O3. The van der Waals surface area contributed by atoms with Crippen molar-refractivity contribution < 1.29 is 18.8 Å². The minimum atomic E-state index is -0.539. The number of Topliss-reactive ketones (excluding diaryl/α,β-unsaturated/α-hetero) is 1. The first kappa shape index (κ1) is 23.2. The van der Waals surface area contributed by atoms with E-state index in [9.17, 15) is 18.8 Å². The summed E-state index contributed by atoms with van der Waals surface area (Å²) < 4.78 is 13.3. The zero-order valence-corrected chi connectivity index (χ0v) is 20.0. The molecule has 0 bridgehead atoms. The van der Waals surface area contributed by atoms with E-state index in [1.54, 1.807) is 41.4 Å². The molecule has 2 aliphatic heterocycles. The predicted octanol–water partition coefficient (Wildman–Crippen LogP) is 3.46. The van der Waals surface area contributed by atoms with Gasteiger partial charge in [0.05, 0.1) is 5.56 Å². The third-order valence-electron chi connectivity index (χ3n) is 7.19. The molecule has 0 saturated carbocycles. The minimum Gasteiger partial charge on any atom is -0.360 e. The van der Waals surface area contributed by atoms with Gasteiger partial charge in [0.25, 0.3) is 11.8 Å². The second-order valence-corrected chi connectivity index (χ2v) is 9.65. The zero-order chi connectivity index (χ0) is 24.7. The Hall–Kier alpha value is -3.52. The average molecular weight is 477 g/mol. The number of carbonyl (C=O) groups excluding carboxylic acids is 3. The molecule has 2 aliphatic rings. The van der Waals surface area contributed by atoms with Gasteiger partial charge >= 0.3 is 0 Å². The number of ketones is 1. The molecule has 2 aromatic carbocycles. The molecular weight excluding hydrogens is 447 g/mol. The fourth-order valence-corrected chi connectivity index (χ4v) is 4.91. The number of likely N-dealkylation sites (tertiary alicyclic amines) is 1. The van der Waals surface area contributed by atoms with Gasteiger partial charge < -0.3 is 14.8 Å². The molecule has 8 heteroatoms. The van der Waals surface area contributed by atoms with Crippen LogP contribution in [0.2, 0.25) is 0 Å². The maximum Gasteiger partial charge on any atom is 0.294 e. The lowest BCUT2D eigenvalue weighted by molar-refractivity contribution is -0.129. The van der Waals surface area contributed by atoms with Crippen LogP contribution in [0.3, 0.4) is 0 Å². The summed E-state index contributed by atoms with van der Waals surface area (Å²) in [7, 11) is 0. The molecule has 1 aromatic heterocycles. The minimum absolute atomic E-state index is 0.0260. The number of carbonyl (C=O) groups is 3. The lowest BCUT2D eigenvalue weighted by Crippen LogP contribution is -2.57. The van der Waals surface area contributed by atoms with Crippen molar-refractivity contribution in [1.82, 2.24) is 19.7 Å². The summed E-state index contributed by atoms with van der Waals surface area (Å²) in [6.45, 7) is 7.28. The molecule has 1 N–H and O–H groups in total. The van der Waals surface area contributed by atoms with Crippen LogP contribution >= 0.6 is 0 Å². The molecule has 182 valence electrons. The standard InChI is InChI=1S/C27H29FN4O3/c1-17-15-32(18(2)14-31(17)16-19-4-7-21(28)8-5-19)26(34)23-13-29-24-9-6-20(12-22(23)24)25(33)27(35)30-10-3-11-30/h4-9,12-13,17-18,29H,3,10-11,14-16H2,1-2H3/t17-,18+/m0/s1. The number of fused-ring (bicyclic) bond motifs is 1. The summed E-state index contributed by atoms with van der Waals surface area (Å²) >= 11 is 0. The second kappa shape index (κ2) is 9.26. The lowest BCUT2D eigenvalue weighted by Gasteiger charge is -2.44. The van der Waals surface area contributed by atoms with E-state index >= 15 is 0 Å². The molecule has 5 rings (SSSR count). The van der Waals surface area contributed by atoms with Crippen LogP contribution in [0.4, 0.5) is 4.39 Å². The van der Waals surface area contributed by atoms with Crippen LogP contribution in [0.1, 0.15) is 46.5 Å². The molecule has 0 aliphatic carbocycles. The fraction of sp³-hybridized carbons (Fsp3) is 0.370. The van der Waals surface area contributed by atoms with Crippen LogP contribution in [0.15, 0.2) is 48.7 Å². The number of H-pyrrole nitrogens is 1. The smallest absolute Gasteiger partial charge is 0.294 e.